The van der Waals surface area contributed by atoms with Gasteiger partial charge in [0, 0.05) is 12.2 Å². The first-order valence-electron chi connectivity index (χ1n) is 8.13. The van der Waals surface area contributed by atoms with Crippen molar-refractivity contribution in [2.24, 2.45) is 0 Å². The molecule has 0 aliphatic heterocycles. The Morgan fingerprint density at radius 1 is 1.17 bits per heavy atom. The number of carbonyl (C=O) groups is 1. The Morgan fingerprint density at radius 3 is 2.52 bits per heavy atom. The van der Waals surface area contributed by atoms with Crippen LogP contribution in [0.15, 0.2) is 48.7 Å². The van der Waals surface area contributed by atoms with Crippen molar-refractivity contribution in [3.05, 3.63) is 59.9 Å². The van der Waals surface area contributed by atoms with Crippen molar-refractivity contribution in [2.45, 2.75) is 37.6 Å². The van der Waals surface area contributed by atoms with Crippen LogP contribution in [0.5, 0.6) is 5.75 Å². The molecule has 2 aromatic rings. The summed E-state index contributed by atoms with van der Waals surface area (Å²) < 4.78 is 5.21. The van der Waals surface area contributed by atoms with Gasteiger partial charge in [-0.1, -0.05) is 31.0 Å². The molecule has 1 heterocycles. The van der Waals surface area contributed by atoms with Gasteiger partial charge in [-0.15, -0.1) is 0 Å². The number of hydrogen-bond acceptors (Lipinski definition) is 3. The second-order valence-electron chi connectivity index (χ2n) is 5.95. The zero-order valence-corrected chi connectivity index (χ0v) is 13.4. The van der Waals surface area contributed by atoms with Crippen molar-refractivity contribution >= 4 is 5.91 Å². The number of aromatic nitrogens is 1. The SMILES string of the molecule is COc1ccc(C(C(=O)NC2CCCC2)c2ccccn2)cc1. The number of nitrogens with zero attached hydrogens (tertiary/aromatic N) is 1. The third-order valence-corrected chi connectivity index (χ3v) is 4.40. The molecule has 0 radical (unpaired) electrons. The average molecular weight is 310 g/mol. The molecule has 1 aliphatic carbocycles. The van der Waals surface area contributed by atoms with Gasteiger partial charge in [-0.05, 0) is 42.7 Å². The Labute approximate surface area is 136 Å². The minimum Gasteiger partial charge on any atom is -0.497 e. The van der Waals surface area contributed by atoms with Crippen molar-refractivity contribution in [2.75, 3.05) is 7.11 Å². The highest BCUT2D eigenvalue weighted by Gasteiger charge is 2.27. The van der Waals surface area contributed by atoms with Gasteiger partial charge >= 0.3 is 0 Å². The van der Waals surface area contributed by atoms with Gasteiger partial charge in [0.05, 0.1) is 12.8 Å². The smallest absolute Gasteiger partial charge is 0.233 e. The minimum atomic E-state index is -0.386. The molecule has 1 unspecified atom stereocenters. The molecule has 4 nitrogen and oxygen atoms in total. The van der Waals surface area contributed by atoms with Crippen molar-refractivity contribution < 1.29 is 9.53 Å². The van der Waals surface area contributed by atoms with Crippen molar-refractivity contribution in [1.82, 2.24) is 10.3 Å². The monoisotopic (exact) mass is 310 g/mol. The van der Waals surface area contributed by atoms with Crippen LogP contribution in [0.2, 0.25) is 0 Å². The molecule has 23 heavy (non-hydrogen) atoms. The van der Waals surface area contributed by atoms with E-state index in [1.807, 2.05) is 42.5 Å². The van der Waals surface area contributed by atoms with Crippen LogP contribution in [0.1, 0.15) is 42.9 Å². The number of methoxy groups -OCH3 is 1. The van der Waals surface area contributed by atoms with E-state index in [0.29, 0.717) is 6.04 Å². The van der Waals surface area contributed by atoms with Crippen molar-refractivity contribution in [3.8, 4) is 5.75 Å². The van der Waals surface area contributed by atoms with Crippen molar-refractivity contribution in [3.63, 3.8) is 0 Å². The fourth-order valence-electron chi connectivity index (χ4n) is 3.15. The summed E-state index contributed by atoms with van der Waals surface area (Å²) in [5.41, 5.74) is 1.70. The molecular weight excluding hydrogens is 288 g/mol. The van der Waals surface area contributed by atoms with Crippen LogP contribution in [0.4, 0.5) is 0 Å². The number of rotatable bonds is 5. The molecule has 1 N–H and O–H groups in total. The molecule has 4 heteroatoms. The number of hydrogen-bond donors (Lipinski definition) is 1. The van der Waals surface area contributed by atoms with E-state index in [0.717, 1.165) is 29.8 Å². The van der Waals surface area contributed by atoms with Gasteiger partial charge in [0.1, 0.15) is 11.7 Å². The zero-order chi connectivity index (χ0) is 16.1. The summed E-state index contributed by atoms with van der Waals surface area (Å²) in [7, 11) is 1.64. The first kappa shape index (κ1) is 15.5. The summed E-state index contributed by atoms with van der Waals surface area (Å²) in [6, 6.07) is 13.6. The van der Waals surface area contributed by atoms with Gasteiger partial charge in [-0.25, -0.2) is 0 Å². The summed E-state index contributed by atoms with van der Waals surface area (Å²) in [6.45, 7) is 0. The molecule has 0 bridgehead atoms. The molecule has 0 spiro atoms. The Morgan fingerprint density at radius 2 is 1.91 bits per heavy atom. The average Bonchev–Trinajstić information content (AvgIpc) is 3.10. The van der Waals surface area contributed by atoms with E-state index >= 15 is 0 Å². The predicted molar refractivity (Wildman–Crippen MR) is 89.5 cm³/mol. The minimum absolute atomic E-state index is 0.0285. The standard InChI is InChI=1S/C19H22N2O2/c1-23-16-11-9-14(10-12-16)18(17-8-4-5-13-20-17)19(22)21-15-6-2-3-7-15/h4-5,8-13,15,18H,2-3,6-7H2,1H3,(H,21,22). The van der Waals surface area contributed by atoms with Crippen LogP contribution in [-0.4, -0.2) is 24.0 Å². The number of ether oxygens (including phenoxy) is 1. The highest BCUT2D eigenvalue weighted by Crippen LogP contribution is 2.27. The number of nitrogens with one attached hydrogen (secondary N) is 1. The Hall–Kier alpha value is -2.36. The van der Waals surface area contributed by atoms with Gasteiger partial charge < -0.3 is 10.1 Å². The molecule has 3 rings (SSSR count). The maximum Gasteiger partial charge on any atom is 0.233 e. The zero-order valence-electron chi connectivity index (χ0n) is 13.4. The van der Waals surface area contributed by atoms with E-state index in [-0.39, 0.29) is 11.8 Å². The lowest BCUT2D eigenvalue weighted by molar-refractivity contribution is -0.122. The third-order valence-electron chi connectivity index (χ3n) is 4.40. The molecule has 1 saturated carbocycles. The van der Waals surface area contributed by atoms with E-state index in [4.69, 9.17) is 4.74 Å². The number of amides is 1. The molecule has 1 atom stereocenters. The number of carbonyl (C=O) groups excluding carboxylic acids is 1. The van der Waals surface area contributed by atoms with Crippen LogP contribution in [-0.2, 0) is 4.79 Å². The lowest BCUT2D eigenvalue weighted by atomic mass is 9.93. The second kappa shape index (κ2) is 7.27. The Bertz CT molecular complexity index is 634. The summed E-state index contributed by atoms with van der Waals surface area (Å²) in [6.07, 6.45) is 6.27. The summed E-state index contributed by atoms with van der Waals surface area (Å²) in [5, 5.41) is 3.19. The highest BCUT2D eigenvalue weighted by molar-refractivity contribution is 5.87. The van der Waals surface area contributed by atoms with Gasteiger partial charge in [0.25, 0.3) is 0 Å². The summed E-state index contributed by atoms with van der Waals surface area (Å²) in [4.78, 5) is 17.3. The second-order valence-corrected chi connectivity index (χ2v) is 5.95. The van der Waals surface area contributed by atoms with Gasteiger partial charge in [0.2, 0.25) is 5.91 Å². The fourth-order valence-corrected chi connectivity index (χ4v) is 3.15. The van der Waals surface area contributed by atoms with E-state index in [9.17, 15) is 4.79 Å². The number of pyridine rings is 1. The molecular formula is C19H22N2O2. The predicted octanol–water partition coefficient (Wildman–Crippen LogP) is 3.28. The normalized spacial score (nSPS) is 16.0. The first-order valence-corrected chi connectivity index (χ1v) is 8.13. The summed E-state index contributed by atoms with van der Waals surface area (Å²) in [5.74, 6) is 0.424. The van der Waals surface area contributed by atoms with Crippen LogP contribution in [0.25, 0.3) is 0 Å². The largest absolute Gasteiger partial charge is 0.497 e. The molecule has 1 aliphatic rings. The lowest BCUT2D eigenvalue weighted by Crippen LogP contribution is -2.37. The molecule has 1 fully saturated rings. The molecule has 1 aromatic carbocycles. The Balaban J connectivity index is 1.87. The van der Waals surface area contributed by atoms with E-state index < -0.39 is 0 Å². The van der Waals surface area contributed by atoms with Crippen molar-refractivity contribution in [1.29, 1.82) is 0 Å². The molecule has 0 saturated heterocycles. The van der Waals surface area contributed by atoms with Gasteiger partial charge in [0.15, 0.2) is 0 Å². The Kier molecular flexibility index (Phi) is 4.91. The topological polar surface area (TPSA) is 51.2 Å². The van der Waals surface area contributed by atoms with Gasteiger partial charge in [-0.3, -0.25) is 9.78 Å². The molecule has 1 aromatic heterocycles. The molecule has 1 amide bonds. The lowest BCUT2D eigenvalue weighted by Gasteiger charge is -2.20. The van der Waals surface area contributed by atoms with E-state index in [1.165, 1.54) is 12.8 Å². The van der Waals surface area contributed by atoms with Crippen LogP contribution in [0.3, 0.4) is 0 Å². The maximum atomic E-state index is 12.9. The van der Waals surface area contributed by atoms with E-state index in [2.05, 4.69) is 10.3 Å². The quantitative estimate of drug-likeness (QED) is 0.922. The summed E-state index contributed by atoms with van der Waals surface area (Å²) >= 11 is 0. The fraction of sp³-hybridized carbons (Fsp3) is 0.368. The van der Waals surface area contributed by atoms with Crippen LogP contribution < -0.4 is 10.1 Å². The van der Waals surface area contributed by atoms with E-state index in [1.54, 1.807) is 13.3 Å². The third kappa shape index (κ3) is 3.70. The van der Waals surface area contributed by atoms with Crippen LogP contribution >= 0.6 is 0 Å². The first-order chi connectivity index (χ1) is 11.3. The number of benzene rings is 1. The van der Waals surface area contributed by atoms with Gasteiger partial charge in [-0.2, -0.15) is 0 Å². The highest BCUT2D eigenvalue weighted by atomic mass is 16.5. The maximum absolute atomic E-state index is 12.9. The van der Waals surface area contributed by atoms with Crippen LogP contribution in [0, 0.1) is 0 Å². The molecule has 120 valence electrons.